The fourth-order valence-corrected chi connectivity index (χ4v) is 3.47. The predicted molar refractivity (Wildman–Crippen MR) is 88.7 cm³/mol. The van der Waals surface area contributed by atoms with Crippen LogP contribution in [0.15, 0.2) is 6.07 Å². The number of amides is 2. The summed E-state index contributed by atoms with van der Waals surface area (Å²) >= 11 is 0. The molecule has 1 atom stereocenters. The third-order valence-corrected chi connectivity index (χ3v) is 4.62. The molecule has 0 bridgehead atoms. The Morgan fingerprint density at radius 3 is 2.61 bits per heavy atom. The quantitative estimate of drug-likeness (QED) is 0.809. The molecule has 0 aliphatic carbocycles. The van der Waals surface area contributed by atoms with Crippen LogP contribution in [-0.4, -0.2) is 33.5 Å². The molecule has 2 heterocycles. The highest BCUT2D eigenvalue weighted by molar-refractivity contribution is 5.90. The van der Waals surface area contributed by atoms with Crippen molar-refractivity contribution in [1.82, 2.24) is 15.1 Å². The molecule has 6 nitrogen and oxygen atoms in total. The summed E-state index contributed by atoms with van der Waals surface area (Å²) in [5.74, 6) is -0.200. The molecule has 0 radical (unpaired) electrons. The normalized spacial score (nSPS) is 18.4. The molecular weight excluding hydrogens is 292 g/mol. The minimum Gasteiger partial charge on any atom is -0.364 e. The highest BCUT2D eigenvalue weighted by Gasteiger charge is 2.32. The van der Waals surface area contributed by atoms with E-state index in [4.69, 9.17) is 5.73 Å². The van der Waals surface area contributed by atoms with Gasteiger partial charge in [-0.25, -0.2) is 0 Å². The second-order valence-corrected chi connectivity index (χ2v) is 6.39. The van der Waals surface area contributed by atoms with Crippen molar-refractivity contribution < 1.29 is 9.59 Å². The molecule has 1 fully saturated rings. The summed E-state index contributed by atoms with van der Waals surface area (Å²) in [4.78, 5) is 26.2. The maximum absolute atomic E-state index is 13.0. The first kappa shape index (κ1) is 17.5. The van der Waals surface area contributed by atoms with Gasteiger partial charge in [0.1, 0.15) is 5.69 Å². The zero-order chi connectivity index (χ0) is 16.8. The number of piperidine rings is 1. The van der Waals surface area contributed by atoms with E-state index in [1.54, 1.807) is 6.07 Å². The number of carbonyl (C=O) groups excluding carboxylic acids is 2. The zero-order valence-corrected chi connectivity index (χ0v) is 14.2. The Labute approximate surface area is 137 Å². The van der Waals surface area contributed by atoms with Gasteiger partial charge in [0.15, 0.2) is 0 Å². The van der Waals surface area contributed by atoms with E-state index in [1.807, 2.05) is 4.90 Å². The van der Waals surface area contributed by atoms with E-state index >= 15 is 0 Å². The lowest BCUT2D eigenvalue weighted by Crippen LogP contribution is -2.42. The Morgan fingerprint density at radius 1 is 1.35 bits per heavy atom. The number of hydrogen-bond donors (Lipinski definition) is 2. The van der Waals surface area contributed by atoms with Crippen molar-refractivity contribution in [2.45, 2.75) is 64.8 Å². The minimum absolute atomic E-state index is 0.0203. The lowest BCUT2D eigenvalue weighted by atomic mass is 9.92. The third-order valence-electron chi connectivity index (χ3n) is 4.62. The average Bonchev–Trinajstić information content (AvgIpc) is 3.04. The van der Waals surface area contributed by atoms with Crippen molar-refractivity contribution >= 4 is 11.8 Å². The largest absolute Gasteiger partial charge is 0.364 e. The van der Waals surface area contributed by atoms with Crippen molar-refractivity contribution in [3.8, 4) is 0 Å². The summed E-state index contributed by atoms with van der Waals surface area (Å²) in [6.07, 6.45) is 6.92. The van der Waals surface area contributed by atoms with Gasteiger partial charge in [0, 0.05) is 12.5 Å². The number of rotatable bonds is 7. The van der Waals surface area contributed by atoms with Crippen molar-refractivity contribution in [3.63, 3.8) is 0 Å². The van der Waals surface area contributed by atoms with Crippen LogP contribution in [0.2, 0.25) is 0 Å². The van der Waals surface area contributed by atoms with Crippen LogP contribution in [0.5, 0.6) is 0 Å². The Kier molecular flexibility index (Phi) is 6.19. The summed E-state index contributed by atoms with van der Waals surface area (Å²) in [5.41, 5.74) is 6.33. The van der Waals surface area contributed by atoms with Gasteiger partial charge in [0.05, 0.1) is 11.7 Å². The van der Waals surface area contributed by atoms with E-state index in [0.717, 1.165) is 57.2 Å². The van der Waals surface area contributed by atoms with Gasteiger partial charge in [-0.1, -0.05) is 26.7 Å². The van der Waals surface area contributed by atoms with Crippen molar-refractivity contribution in [2.75, 3.05) is 6.54 Å². The van der Waals surface area contributed by atoms with E-state index in [9.17, 15) is 9.59 Å². The van der Waals surface area contributed by atoms with Crippen molar-refractivity contribution in [3.05, 3.63) is 17.5 Å². The molecule has 0 aromatic carbocycles. The van der Waals surface area contributed by atoms with Gasteiger partial charge in [-0.15, -0.1) is 0 Å². The number of nitrogens with zero attached hydrogens (tertiary/aromatic N) is 2. The number of primary amides is 1. The Balaban J connectivity index is 2.19. The summed E-state index contributed by atoms with van der Waals surface area (Å²) in [5, 5.41) is 6.86. The van der Waals surface area contributed by atoms with Gasteiger partial charge in [0.25, 0.3) is 5.91 Å². The number of H-pyrrole nitrogens is 1. The average molecular weight is 320 g/mol. The van der Waals surface area contributed by atoms with E-state index in [0.29, 0.717) is 0 Å². The monoisotopic (exact) mass is 320 g/mol. The summed E-state index contributed by atoms with van der Waals surface area (Å²) in [6, 6.07) is 1.67. The van der Waals surface area contributed by atoms with Crippen molar-refractivity contribution in [2.24, 2.45) is 11.7 Å². The SMILES string of the molecule is CCCC(CCC)C(=O)N1CCCCC1c1cc(C(N)=O)n[nH]1. The van der Waals surface area contributed by atoms with Gasteiger partial charge < -0.3 is 10.6 Å². The molecule has 1 saturated heterocycles. The molecule has 2 amide bonds. The molecule has 1 aliphatic heterocycles. The molecule has 128 valence electrons. The lowest BCUT2D eigenvalue weighted by molar-refractivity contribution is -0.140. The molecule has 1 unspecified atom stereocenters. The molecule has 1 aromatic rings. The first-order chi connectivity index (χ1) is 11.1. The van der Waals surface area contributed by atoms with Crippen LogP contribution in [0.1, 0.15) is 81.0 Å². The molecule has 0 spiro atoms. The van der Waals surface area contributed by atoms with Gasteiger partial charge in [-0.3, -0.25) is 14.7 Å². The number of likely N-dealkylation sites (tertiary alicyclic amines) is 1. The molecule has 2 rings (SSSR count). The second kappa shape index (κ2) is 8.13. The number of nitrogens with one attached hydrogen (secondary N) is 1. The van der Waals surface area contributed by atoms with E-state index in [2.05, 4.69) is 24.0 Å². The Hall–Kier alpha value is -1.85. The summed E-state index contributed by atoms with van der Waals surface area (Å²) in [6.45, 7) is 5.02. The number of nitrogens with two attached hydrogens (primary N) is 1. The smallest absolute Gasteiger partial charge is 0.269 e. The number of hydrogen-bond acceptors (Lipinski definition) is 3. The first-order valence-electron chi connectivity index (χ1n) is 8.74. The maximum Gasteiger partial charge on any atom is 0.269 e. The molecule has 1 aliphatic rings. The topological polar surface area (TPSA) is 92.1 Å². The number of aromatic amines is 1. The molecule has 1 aromatic heterocycles. The zero-order valence-electron chi connectivity index (χ0n) is 14.2. The predicted octanol–water partition coefficient (Wildman–Crippen LogP) is 2.78. The lowest BCUT2D eigenvalue weighted by Gasteiger charge is -2.37. The summed E-state index contributed by atoms with van der Waals surface area (Å²) < 4.78 is 0. The van der Waals surface area contributed by atoms with E-state index < -0.39 is 5.91 Å². The molecule has 6 heteroatoms. The minimum atomic E-state index is -0.545. The van der Waals surface area contributed by atoms with Crippen LogP contribution >= 0.6 is 0 Å². The van der Waals surface area contributed by atoms with Gasteiger partial charge in [-0.05, 0) is 38.2 Å². The second-order valence-electron chi connectivity index (χ2n) is 6.39. The van der Waals surface area contributed by atoms with Crippen LogP contribution in [-0.2, 0) is 4.79 Å². The Bertz CT molecular complexity index is 534. The fraction of sp³-hybridized carbons (Fsp3) is 0.706. The van der Waals surface area contributed by atoms with Crippen LogP contribution in [0.4, 0.5) is 0 Å². The standard InChI is InChI=1S/C17H28N4O2/c1-3-7-12(8-4-2)17(23)21-10-6-5-9-15(21)13-11-14(16(18)22)20-19-13/h11-12,15H,3-10H2,1-2H3,(H2,18,22)(H,19,20). The van der Waals surface area contributed by atoms with Gasteiger partial charge in [0.2, 0.25) is 5.91 Å². The van der Waals surface area contributed by atoms with E-state index in [1.165, 1.54) is 0 Å². The number of aromatic nitrogens is 2. The Morgan fingerprint density at radius 2 is 2.04 bits per heavy atom. The molecule has 3 N–H and O–H groups in total. The van der Waals surface area contributed by atoms with E-state index in [-0.39, 0.29) is 23.6 Å². The van der Waals surface area contributed by atoms with Crippen molar-refractivity contribution in [1.29, 1.82) is 0 Å². The highest BCUT2D eigenvalue weighted by Crippen LogP contribution is 2.32. The third kappa shape index (κ3) is 4.12. The van der Waals surface area contributed by atoms with Crippen LogP contribution in [0.3, 0.4) is 0 Å². The van der Waals surface area contributed by atoms with Gasteiger partial charge >= 0.3 is 0 Å². The van der Waals surface area contributed by atoms with Crippen LogP contribution in [0.25, 0.3) is 0 Å². The molecular formula is C17H28N4O2. The highest BCUT2D eigenvalue weighted by atomic mass is 16.2. The fourth-order valence-electron chi connectivity index (χ4n) is 3.47. The van der Waals surface area contributed by atoms with Crippen LogP contribution in [0, 0.1) is 5.92 Å². The van der Waals surface area contributed by atoms with Crippen LogP contribution < -0.4 is 5.73 Å². The molecule has 0 saturated carbocycles. The first-order valence-corrected chi connectivity index (χ1v) is 8.74. The summed E-state index contributed by atoms with van der Waals surface area (Å²) in [7, 11) is 0. The number of carbonyl (C=O) groups is 2. The maximum atomic E-state index is 13.0. The molecule has 23 heavy (non-hydrogen) atoms. The van der Waals surface area contributed by atoms with Gasteiger partial charge in [-0.2, -0.15) is 5.10 Å².